The summed E-state index contributed by atoms with van der Waals surface area (Å²) in [4.78, 5) is 11.9. The maximum atomic E-state index is 5.32. The Morgan fingerprint density at radius 3 is 2.75 bits per heavy atom. The Balaban J connectivity index is 1.50. The smallest absolute Gasteiger partial charge is 0.228 e. The molecule has 0 radical (unpaired) electrons. The molecule has 7 heteroatoms. The Bertz CT molecular complexity index is 608. The number of nitrogens with one attached hydrogen (secondary N) is 2. The lowest BCUT2D eigenvalue weighted by Gasteiger charge is -2.40. The summed E-state index contributed by atoms with van der Waals surface area (Å²) in [7, 11) is 0. The van der Waals surface area contributed by atoms with Gasteiger partial charge in [-0.15, -0.1) is 0 Å². The molecule has 1 aromatic rings. The second-order valence-electron chi connectivity index (χ2n) is 8.48. The lowest BCUT2D eigenvalue weighted by atomic mass is 9.92. The Morgan fingerprint density at radius 1 is 1.21 bits per heavy atom. The van der Waals surface area contributed by atoms with Crippen LogP contribution in [0.5, 0.6) is 0 Å². The van der Waals surface area contributed by atoms with Crippen LogP contribution in [0, 0.1) is 0 Å². The van der Waals surface area contributed by atoms with E-state index in [1.165, 1.54) is 51.5 Å². The third kappa shape index (κ3) is 6.19. The molecule has 2 heterocycles. The van der Waals surface area contributed by atoms with Crippen molar-refractivity contribution in [3.05, 3.63) is 11.7 Å². The molecule has 7 nitrogen and oxygen atoms in total. The van der Waals surface area contributed by atoms with E-state index in [9.17, 15) is 0 Å². The molecule has 1 saturated heterocycles. The fraction of sp³-hybridized carbons (Fsp3) is 0.857. The van der Waals surface area contributed by atoms with Crippen LogP contribution in [-0.2, 0) is 6.42 Å². The van der Waals surface area contributed by atoms with Crippen molar-refractivity contribution < 1.29 is 4.52 Å². The van der Waals surface area contributed by atoms with Crippen molar-refractivity contribution in [1.29, 1.82) is 0 Å². The van der Waals surface area contributed by atoms with E-state index in [0.29, 0.717) is 30.8 Å². The van der Waals surface area contributed by atoms with Crippen LogP contribution >= 0.6 is 0 Å². The van der Waals surface area contributed by atoms with Gasteiger partial charge in [-0.05, 0) is 39.2 Å². The maximum Gasteiger partial charge on any atom is 0.228 e. The van der Waals surface area contributed by atoms with Crippen molar-refractivity contribution in [2.45, 2.75) is 90.1 Å². The minimum Gasteiger partial charge on any atom is -0.357 e. The summed E-state index contributed by atoms with van der Waals surface area (Å²) in [5.41, 5.74) is 0. The monoisotopic (exact) mass is 390 g/mol. The number of hydrogen-bond acceptors (Lipinski definition) is 5. The molecule has 2 aliphatic rings. The topological polar surface area (TPSA) is 78.6 Å². The molecule has 0 spiro atoms. The van der Waals surface area contributed by atoms with Gasteiger partial charge in [0.1, 0.15) is 0 Å². The lowest BCUT2D eigenvalue weighted by molar-refractivity contribution is 0.115. The zero-order chi connectivity index (χ0) is 19.8. The van der Waals surface area contributed by atoms with Gasteiger partial charge in [-0.2, -0.15) is 4.98 Å². The molecule has 28 heavy (non-hydrogen) atoms. The molecule has 1 aliphatic carbocycles. The highest BCUT2D eigenvalue weighted by Gasteiger charge is 2.27. The van der Waals surface area contributed by atoms with E-state index in [2.05, 4.69) is 46.4 Å². The molecule has 0 aromatic carbocycles. The van der Waals surface area contributed by atoms with Crippen LogP contribution in [0.4, 0.5) is 0 Å². The molecule has 1 atom stereocenters. The molecule has 0 bridgehead atoms. The van der Waals surface area contributed by atoms with Crippen molar-refractivity contribution >= 4 is 5.96 Å². The van der Waals surface area contributed by atoms with E-state index >= 15 is 0 Å². The summed E-state index contributed by atoms with van der Waals surface area (Å²) < 4.78 is 5.32. The summed E-state index contributed by atoms with van der Waals surface area (Å²) in [6, 6.07) is 1.27. The number of aliphatic imine (C=N–C) groups is 1. The highest BCUT2D eigenvalue weighted by Crippen LogP contribution is 2.25. The largest absolute Gasteiger partial charge is 0.357 e. The SMILES string of the molecule is CCNC(=NCCc1nc(C(C)C)no1)NC1CCCN(C2CCCCC2)C1. The average Bonchev–Trinajstić information content (AvgIpc) is 3.18. The molecule has 2 fully saturated rings. The first-order valence-corrected chi connectivity index (χ1v) is 11.3. The summed E-state index contributed by atoms with van der Waals surface area (Å²) in [5.74, 6) is 2.64. The van der Waals surface area contributed by atoms with Crippen LogP contribution in [0.3, 0.4) is 0 Å². The van der Waals surface area contributed by atoms with Gasteiger partial charge in [0, 0.05) is 37.5 Å². The zero-order valence-corrected chi connectivity index (χ0v) is 17.9. The second-order valence-corrected chi connectivity index (χ2v) is 8.48. The van der Waals surface area contributed by atoms with Gasteiger partial charge in [-0.3, -0.25) is 9.89 Å². The number of piperidine rings is 1. The van der Waals surface area contributed by atoms with Gasteiger partial charge in [0.25, 0.3) is 0 Å². The van der Waals surface area contributed by atoms with Crippen molar-refractivity contribution in [3.63, 3.8) is 0 Å². The quantitative estimate of drug-likeness (QED) is 0.550. The van der Waals surface area contributed by atoms with E-state index in [-0.39, 0.29) is 0 Å². The van der Waals surface area contributed by atoms with Crippen molar-refractivity contribution in [2.75, 3.05) is 26.2 Å². The number of hydrogen-bond donors (Lipinski definition) is 2. The van der Waals surface area contributed by atoms with Crippen LogP contribution in [0.15, 0.2) is 9.52 Å². The van der Waals surface area contributed by atoms with Crippen molar-refractivity contribution in [2.24, 2.45) is 4.99 Å². The molecule has 1 unspecified atom stereocenters. The predicted molar refractivity (Wildman–Crippen MR) is 113 cm³/mol. The van der Waals surface area contributed by atoms with Gasteiger partial charge >= 0.3 is 0 Å². The van der Waals surface area contributed by atoms with Crippen LogP contribution < -0.4 is 10.6 Å². The van der Waals surface area contributed by atoms with Gasteiger partial charge in [0.05, 0.1) is 6.54 Å². The third-order valence-corrected chi connectivity index (χ3v) is 5.82. The summed E-state index contributed by atoms with van der Waals surface area (Å²) in [6.45, 7) is 10.2. The van der Waals surface area contributed by atoms with Crippen LogP contribution in [0.2, 0.25) is 0 Å². The highest BCUT2D eigenvalue weighted by atomic mass is 16.5. The Morgan fingerprint density at radius 2 is 2.04 bits per heavy atom. The molecule has 1 saturated carbocycles. The van der Waals surface area contributed by atoms with Crippen molar-refractivity contribution in [1.82, 2.24) is 25.7 Å². The van der Waals surface area contributed by atoms with E-state index in [1.54, 1.807) is 0 Å². The van der Waals surface area contributed by atoms with E-state index < -0.39 is 0 Å². The third-order valence-electron chi connectivity index (χ3n) is 5.82. The molecule has 3 rings (SSSR count). The molecule has 1 aromatic heterocycles. The van der Waals surface area contributed by atoms with Gasteiger partial charge in [0.2, 0.25) is 5.89 Å². The van der Waals surface area contributed by atoms with E-state index in [0.717, 1.165) is 30.9 Å². The summed E-state index contributed by atoms with van der Waals surface area (Å²) >= 11 is 0. The second kappa shape index (κ2) is 10.8. The Kier molecular flexibility index (Phi) is 8.13. The standard InChI is InChI=1S/C21H38N6O/c1-4-22-21(23-13-12-19-25-20(16(2)3)26-28-19)24-17-9-8-14-27(15-17)18-10-6-5-7-11-18/h16-18H,4-15H2,1-3H3,(H2,22,23,24). The number of aromatic nitrogens is 2. The highest BCUT2D eigenvalue weighted by molar-refractivity contribution is 5.80. The van der Waals surface area contributed by atoms with E-state index in [4.69, 9.17) is 9.52 Å². The van der Waals surface area contributed by atoms with Gasteiger partial charge in [-0.1, -0.05) is 38.3 Å². The fourth-order valence-electron chi connectivity index (χ4n) is 4.28. The molecular formula is C21H38N6O. The first-order chi connectivity index (χ1) is 13.7. The first-order valence-electron chi connectivity index (χ1n) is 11.3. The molecular weight excluding hydrogens is 352 g/mol. The van der Waals surface area contributed by atoms with Gasteiger partial charge in [-0.25, -0.2) is 0 Å². The van der Waals surface area contributed by atoms with Gasteiger partial charge < -0.3 is 15.2 Å². The van der Waals surface area contributed by atoms with E-state index in [1.807, 2.05) is 0 Å². The van der Waals surface area contributed by atoms with Crippen LogP contribution in [-0.4, -0.2) is 59.3 Å². The molecule has 2 N–H and O–H groups in total. The lowest BCUT2D eigenvalue weighted by Crippen LogP contribution is -2.53. The fourth-order valence-corrected chi connectivity index (χ4v) is 4.28. The normalized spacial score (nSPS) is 22.6. The van der Waals surface area contributed by atoms with Crippen LogP contribution in [0.25, 0.3) is 0 Å². The number of rotatable bonds is 7. The Hall–Kier alpha value is -1.63. The number of nitrogens with zero attached hydrogens (tertiary/aromatic N) is 4. The Labute approximate surface area is 169 Å². The molecule has 158 valence electrons. The summed E-state index contributed by atoms with van der Waals surface area (Å²) in [6.07, 6.45) is 10.1. The minimum absolute atomic E-state index is 0.290. The number of likely N-dealkylation sites (tertiary alicyclic amines) is 1. The maximum absolute atomic E-state index is 5.32. The minimum atomic E-state index is 0.290. The number of guanidine groups is 1. The predicted octanol–water partition coefficient (Wildman–Crippen LogP) is 3.09. The van der Waals surface area contributed by atoms with Crippen LogP contribution in [0.1, 0.15) is 83.3 Å². The first kappa shape index (κ1) is 21.1. The van der Waals surface area contributed by atoms with Crippen molar-refractivity contribution in [3.8, 4) is 0 Å². The summed E-state index contributed by atoms with van der Waals surface area (Å²) in [5, 5.41) is 11.1. The van der Waals surface area contributed by atoms with Gasteiger partial charge in [0.15, 0.2) is 11.8 Å². The average molecular weight is 391 g/mol. The zero-order valence-electron chi connectivity index (χ0n) is 17.9. The molecule has 0 amide bonds. The molecule has 1 aliphatic heterocycles.